The standard InChI is InChI=1S/C22H25F3N4O3S/c1-22(29-12-14(32-21(29)31)11-26-20(33)19(24)25)8-7-16(15(23)10-22)27-17-9-13(28(2)3)5-4-6-18(17)30/h4-7,9-10,14,19H,8,11-12H2,1-3H3,(H,26,33)(H,27,30)/t14-,22?/m0/s1. The van der Waals surface area contributed by atoms with Gasteiger partial charge in [0.05, 0.1) is 30.0 Å². The van der Waals surface area contributed by atoms with Crippen molar-refractivity contribution in [2.75, 3.05) is 37.4 Å². The Bertz CT molecular complexity index is 1060. The topological polar surface area (TPSA) is 73.9 Å². The Labute approximate surface area is 194 Å². The number of nitrogens with zero attached hydrogens (tertiary/aromatic N) is 2. The number of thiocarbonyl (C=S) groups is 1. The van der Waals surface area contributed by atoms with Crippen LogP contribution in [0, 0.1) is 0 Å². The number of rotatable bonds is 7. The van der Waals surface area contributed by atoms with Gasteiger partial charge in [0.2, 0.25) is 5.43 Å². The van der Waals surface area contributed by atoms with Crippen molar-refractivity contribution in [2.45, 2.75) is 31.4 Å². The minimum absolute atomic E-state index is 0.0676. The number of cyclic esters (lactones) is 1. The number of ether oxygens (including phenoxy) is 1. The normalized spacial score (nSPS) is 22.5. The molecule has 1 aliphatic heterocycles. The lowest BCUT2D eigenvalue weighted by atomic mass is 9.90. The maximum Gasteiger partial charge on any atom is 0.411 e. The highest BCUT2D eigenvalue weighted by molar-refractivity contribution is 7.80. The van der Waals surface area contributed by atoms with Crippen molar-refractivity contribution in [3.05, 3.63) is 58.2 Å². The third-order valence-electron chi connectivity index (χ3n) is 5.47. The predicted molar refractivity (Wildman–Crippen MR) is 125 cm³/mol. The summed E-state index contributed by atoms with van der Waals surface area (Å²) in [6.45, 7) is 1.69. The van der Waals surface area contributed by atoms with Crippen LogP contribution < -0.4 is 21.0 Å². The zero-order valence-corrected chi connectivity index (χ0v) is 19.2. The average molecular weight is 483 g/mol. The summed E-state index contributed by atoms with van der Waals surface area (Å²) in [4.78, 5) is 27.3. The third kappa shape index (κ3) is 5.65. The number of anilines is 2. The second kappa shape index (κ2) is 9.82. The molecule has 0 aromatic heterocycles. The van der Waals surface area contributed by atoms with Crippen molar-refractivity contribution in [3.63, 3.8) is 0 Å². The summed E-state index contributed by atoms with van der Waals surface area (Å²) in [6, 6.07) is 6.41. The molecule has 1 fully saturated rings. The summed E-state index contributed by atoms with van der Waals surface area (Å²) >= 11 is 4.52. The van der Waals surface area contributed by atoms with Gasteiger partial charge < -0.3 is 20.3 Å². The maximum atomic E-state index is 15.1. The van der Waals surface area contributed by atoms with Gasteiger partial charge in [-0.25, -0.2) is 18.0 Å². The fraction of sp³-hybridized carbons (Fsp3) is 0.409. The molecule has 2 aliphatic rings. The van der Waals surface area contributed by atoms with E-state index in [4.69, 9.17) is 4.74 Å². The van der Waals surface area contributed by atoms with Gasteiger partial charge in [-0.1, -0.05) is 24.4 Å². The van der Waals surface area contributed by atoms with Crippen molar-refractivity contribution in [2.24, 2.45) is 0 Å². The van der Waals surface area contributed by atoms with E-state index in [1.165, 1.54) is 17.0 Å². The van der Waals surface area contributed by atoms with Gasteiger partial charge in [-0.3, -0.25) is 9.69 Å². The Hall–Kier alpha value is -3.08. The van der Waals surface area contributed by atoms with Crippen LogP contribution in [0.5, 0.6) is 0 Å². The van der Waals surface area contributed by atoms with Crippen molar-refractivity contribution in [1.29, 1.82) is 0 Å². The lowest BCUT2D eigenvalue weighted by molar-refractivity contribution is 0.121. The molecular weight excluding hydrogens is 457 g/mol. The molecule has 1 aromatic rings. The molecule has 1 aliphatic carbocycles. The van der Waals surface area contributed by atoms with Crippen LogP contribution in [0.3, 0.4) is 0 Å². The molecule has 1 saturated heterocycles. The van der Waals surface area contributed by atoms with Crippen LogP contribution in [0.25, 0.3) is 0 Å². The van der Waals surface area contributed by atoms with Gasteiger partial charge >= 0.3 is 6.09 Å². The van der Waals surface area contributed by atoms with E-state index in [9.17, 15) is 18.4 Å². The average Bonchev–Trinajstić information content (AvgIpc) is 3.02. The molecule has 1 unspecified atom stereocenters. The molecule has 0 spiro atoms. The molecule has 1 heterocycles. The minimum Gasteiger partial charge on any atom is -0.442 e. The third-order valence-corrected chi connectivity index (χ3v) is 5.79. The quantitative estimate of drug-likeness (QED) is 0.577. The number of hydrogen-bond donors (Lipinski definition) is 2. The van der Waals surface area contributed by atoms with Crippen LogP contribution in [-0.2, 0) is 4.74 Å². The minimum atomic E-state index is -2.80. The molecule has 0 radical (unpaired) electrons. The smallest absolute Gasteiger partial charge is 0.411 e. The van der Waals surface area contributed by atoms with Crippen LogP contribution in [0.4, 0.5) is 29.3 Å². The monoisotopic (exact) mass is 482 g/mol. The van der Waals surface area contributed by atoms with Gasteiger partial charge in [-0.15, -0.1) is 0 Å². The highest BCUT2D eigenvalue weighted by Crippen LogP contribution is 2.34. The predicted octanol–water partition coefficient (Wildman–Crippen LogP) is 3.43. The van der Waals surface area contributed by atoms with E-state index in [1.54, 1.807) is 31.2 Å². The van der Waals surface area contributed by atoms with Crippen LogP contribution in [0.2, 0.25) is 0 Å². The SMILES string of the molecule is CN(C)c1cccc(=O)c(NC2=CCC(C)(N3C[C@H](CNC(=S)C(F)F)OC3=O)C=C2F)c1. The van der Waals surface area contributed by atoms with E-state index >= 15 is 4.39 Å². The molecule has 0 bridgehead atoms. The highest BCUT2D eigenvalue weighted by Gasteiger charge is 2.43. The van der Waals surface area contributed by atoms with E-state index in [0.29, 0.717) is 0 Å². The molecule has 3 rings (SSSR count). The highest BCUT2D eigenvalue weighted by atomic mass is 32.1. The van der Waals surface area contributed by atoms with Gasteiger partial charge in [0.25, 0.3) is 6.43 Å². The number of halogens is 3. The van der Waals surface area contributed by atoms with Gasteiger partial charge in [0, 0.05) is 19.8 Å². The number of hydrogen-bond acceptors (Lipinski definition) is 6. The summed E-state index contributed by atoms with van der Waals surface area (Å²) in [5.74, 6) is -0.630. The molecule has 1 aromatic carbocycles. The lowest BCUT2D eigenvalue weighted by Gasteiger charge is -2.36. The number of nitrogens with one attached hydrogen (secondary N) is 2. The van der Waals surface area contributed by atoms with Crippen LogP contribution in [0.1, 0.15) is 13.3 Å². The van der Waals surface area contributed by atoms with Crippen molar-refractivity contribution >= 4 is 34.7 Å². The first-order valence-electron chi connectivity index (χ1n) is 10.2. The van der Waals surface area contributed by atoms with E-state index in [0.717, 1.165) is 5.69 Å². The first kappa shape index (κ1) is 24.6. The van der Waals surface area contributed by atoms with Gasteiger partial charge in [-0.05, 0) is 37.6 Å². The number of amides is 1. The first-order chi connectivity index (χ1) is 15.5. The molecule has 33 heavy (non-hydrogen) atoms. The molecular formula is C22H25F3N4O3S. The van der Waals surface area contributed by atoms with Gasteiger partial charge in [0.1, 0.15) is 16.9 Å². The van der Waals surface area contributed by atoms with E-state index in [-0.39, 0.29) is 36.3 Å². The Balaban J connectivity index is 1.72. The molecule has 2 atom stereocenters. The van der Waals surface area contributed by atoms with Gasteiger partial charge in [0.15, 0.2) is 0 Å². The Morgan fingerprint density at radius 2 is 2.09 bits per heavy atom. The summed E-state index contributed by atoms with van der Waals surface area (Å²) in [7, 11) is 3.66. The van der Waals surface area contributed by atoms with Crippen LogP contribution >= 0.6 is 12.2 Å². The summed E-state index contributed by atoms with van der Waals surface area (Å²) in [6.07, 6.45) is -1.07. The molecule has 7 nitrogen and oxygen atoms in total. The largest absolute Gasteiger partial charge is 0.442 e. The van der Waals surface area contributed by atoms with Crippen molar-refractivity contribution in [3.8, 4) is 0 Å². The Morgan fingerprint density at radius 3 is 2.73 bits per heavy atom. The van der Waals surface area contributed by atoms with Crippen molar-refractivity contribution in [1.82, 2.24) is 10.2 Å². The fourth-order valence-electron chi connectivity index (χ4n) is 3.56. The van der Waals surface area contributed by atoms with E-state index < -0.39 is 35.0 Å². The fourth-order valence-corrected chi connectivity index (χ4v) is 3.65. The number of carbonyl (C=O) groups excluding carboxylic acids is 1. The van der Waals surface area contributed by atoms with E-state index in [1.807, 2.05) is 19.0 Å². The van der Waals surface area contributed by atoms with Crippen LogP contribution in [-0.4, -0.2) is 61.2 Å². The zero-order valence-electron chi connectivity index (χ0n) is 18.4. The molecule has 178 valence electrons. The summed E-state index contributed by atoms with van der Waals surface area (Å²) in [5, 5.41) is 5.23. The van der Waals surface area contributed by atoms with E-state index in [2.05, 4.69) is 22.9 Å². The Kier molecular flexibility index (Phi) is 7.31. The maximum absolute atomic E-state index is 15.1. The Morgan fingerprint density at radius 1 is 1.36 bits per heavy atom. The van der Waals surface area contributed by atoms with Gasteiger partial charge in [-0.2, -0.15) is 0 Å². The van der Waals surface area contributed by atoms with Crippen molar-refractivity contribution < 1.29 is 22.7 Å². The zero-order chi connectivity index (χ0) is 24.3. The molecule has 0 saturated carbocycles. The molecule has 2 N–H and O–H groups in total. The molecule has 1 amide bonds. The second-order valence-corrected chi connectivity index (χ2v) is 8.67. The number of alkyl halides is 2. The summed E-state index contributed by atoms with van der Waals surface area (Å²) < 4.78 is 45.4. The second-order valence-electron chi connectivity index (χ2n) is 8.23. The summed E-state index contributed by atoms with van der Waals surface area (Å²) in [5.41, 5.74) is -0.237. The lowest BCUT2D eigenvalue weighted by Crippen LogP contribution is -2.47. The number of allylic oxidation sites excluding steroid dienone is 1. The first-order valence-corrected chi connectivity index (χ1v) is 10.6. The molecule has 11 heteroatoms. The van der Waals surface area contributed by atoms with Crippen LogP contribution in [0.15, 0.2) is 52.7 Å². The number of carbonyl (C=O) groups is 1.